The fraction of sp³-hybridized carbons (Fsp3) is 0.455. The molecule has 0 saturated carbocycles. The molecule has 0 amide bonds. The highest BCUT2D eigenvalue weighted by atomic mass is 15.2. The van der Waals surface area contributed by atoms with Crippen LogP contribution in [-0.4, -0.2) is 30.6 Å². The van der Waals surface area contributed by atoms with Gasteiger partial charge in [0.1, 0.15) is 5.82 Å². The maximum Gasteiger partial charge on any atom is 0.191 e. The maximum atomic E-state index is 4.75. The summed E-state index contributed by atoms with van der Waals surface area (Å²) in [7, 11) is 0. The van der Waals surface area contributed by atoms with E-state index in [1.165, 1.54) is 36.0 Å². The lowest BCUT2D eigenvalue weighted by Gasteiger charge is -2.27. The predicted octanol–water partition coefficient (Wildman–Crippen LogP) is 3.64. The fourth-order valence-corrected chi connectivity index (χ4v) is 3.26. The van der Waals surface area contributed by atoms with Crippen molar-refractivity contribution in [3.63, 3.8) is 0 Å². The molecule has 2 aromatic rings. The van der Waals surface area contributed by atoms with Gasteiger partial charge in [-0.15, -0.1) is 0 Å². The molecule has 1 aliphatic heterocycles. The summed E-state index contributed by atoms with van der Waals surface area (Å²) in [6.07, 6.45) is 5.76. The highest BCUT2D eigenvalue weighted by molar-refractivity contribution is 5.79. The molecule has 1 aromatic heterocycles. The number of benzene rings is 1. The lowest BCUT2D eigenvalue weighted by molar-refractivity contribution is 0.573. The van der Waals surface area contributed by atoms with E-state index in [1.807, 2.05) is 6.20 Å². The second kappa shape index (κ2) is 9.95. The van der Waals surface area contributed by atoms with Crippen molar-refractivity contribution in [3.8, 4) is 0 Å². The van der Waals surface area contributed by atoms with Gasteiger partial charge in [-0.1, -0.05) is 29.8 Å². The van der Waals surface area contributed by atoms with E-state index in [0.717, 1.165) is 38.0 Å². The molecular weight excluding hydrogens is 334 g/mol. The number of aryl methyl sites for hydroxylation is 1. The Balaban J connectivity index is 1.61. The lowest BCUT2D eigenvalue weighted by Crippen LogP contribution is -2.36. The molecule has 2 N–H and O–H groups in total. The molecule has 0 atom stereocenters. The van der Waals surface area contributed by atoms with Crippen molar-refractivity contribution >= 4 is 11.8 Å². The number of anilines is 1. The largest absolute Gasteiger partial charge is 0.357 e. The molecule has 1 saturated heterocycles. The summed E-state index contributed by atoms with van der Waals surface area (Å²) >= 11 is 0. The van der Waals surface area contributed by atoms with Crippen LogP contribution < -0.4 is 15.5 Å². The predicted molar refractivity (Wildman–Crippen MR) is 113 cm³/mol. The minimum atomic E-state index is 0.645. The first-order valence-electron chi connectivity index (χ1n) is 10.0. The van der Waals surface area contributed by atoms with E-state index in [-0.39, 0.29) is 0 Å². The molecule has 5 nitrogen and oxygen atoms in total. The van der Waals surface area contributed by atoms with Crippen molar-refractivity contribution in [2.24, 2.45) is 4.99 Å². The second-order valence-corrected chi connectivity index (χ2v) is 7.10. The lowest BCUT2D eigenvalue weighted by atomic mass is 10.1. The van der Waals surface area contributed by atoms with E-state index in [9.17, 15) is 0 Å². The Kier molecular flexibility index (Phi) is 7.08. The average Bonchev–Trinajstić information content (AvgIpc) is 2.72. The summed E-state index contributed by atoms with van der Waals surface area (Å²) in [4.78, 5) is 11.7. The maximum absolute atomic E-state index is 4.75. The summed E-state index contributed by atoms with van der Waals surface area (Å²) < 4.78 is 0. The second-order valence-electron chi connectivity index (χ2n) is 7.10. The van der Waals surface area contributed by atoms with Crippen LogP contribution in [0, 0.1) is 6.92 Å². The topological polar surface area (TPSA) is 52.6 Å². The molecule has 0 unspecified atom stereocenters. The van der Waals surface area contributed by atoms with Crippen LogP contribution in [0.15, 0.2) is 47.6 Å². The number of hydrogen-bond donors (Lipinski definition) is 2. The van der Waals surface area contributed by atoms with Gasteiger partial charge >= 0.3 is 0 Å². The molecule has 1 aliphatic rings. The molecule has 27 heavy (non-hydrogen) atoms. The zero-order valence-electron chi connectivity index (χ0n) is 16.5. The third-order valence-electron chi connectivity index (χ3n) is 4.83. The van der Waals surface area contributed by atoms with E-state index in [0.29, 0.717) is 6.54 Å². The van der Waals surface area contributed by atoms with Gasteiger partial charge in [0, 0.05) is 32.4 Å². The number of pyridine rings is 1. The van der Waals surface area contributed by atoms with Gasteiger partial charge in [0.15, 0.2) is 5.96 Å². The SMILES string of the molecule is CCNC(=NCc1ccnc(N2CCCCC2)c1)NCc1ccc(C)cc1. The molecule has 3 rings (SSSR count). The third kappa shape index (κ3) is 5.98. The zero-order chi connectivity index (χ0) is 18.9. The highest BCUT2D eigenvalue weighted by Gasteiger charge is 2.12. The Morgan fingerprint density at radius 3 is 2.56 bits per heavy atom. The molecule has 0 bridgehead atoms. The van der Waals surface area contributed by atoms with Crippen LogP contribution >= 0.6 is 0 Å². The zero-order valence-corrected chi connectivity index (χ0v) is 16.5. The van der Waals surface area contributed by atoms with Crippen molar-refractivity contribution in [1.82, 2.24) is 15.6 Å². The monoisotopic (exact) mass is 365 g/mol. The summed E-state index contributed by atoms with van der Waals surface area (Å²) in [5.74, 6) is 1.93. The molecule has 5 heteroatoms. The van der Waals surface area contributed by atoms with Crippen LogP contribution in [0.4, 0.5) is 5.82 Å². The Hall–Kier alpha value is -2.56. The van der Waals surface area contributed by atoms with Crippen LogP contribution in [-0.2, 0) is 13.1 Å². The van der Waals surface area contributed by atoms with Crippen LogP contribution in [0.5, 0.6) is 0 Å². The fourth-order valence-electron chi connectivity index (χ4n) is 3.26. The van der Waals surface area contributed by atoms with Gasteiger partial charge in [0.2, 0.25) is 0 Å². The minimum Gasteiger partial charge on any atom is -0.357 e. The summed E-state index contributed by atoms with van der Waals surface area (Å²) in [5, 5.41) is 6.74. The molecule has 144 valence electrons. The van der Waals surface area contributed by atoms with Gasteiger partial charge in [-0.05, 0) is 56.4 Å². The Morgan fingerprint density at radius 1 is 1.04 bits per heavy atom. The minimum absolute atomic E-state index is 0.645. The van der Waals surface area contributed by atoms with Crippen molar-refractivity contribution in [3.05, 3.63) is 59.3 Å². The van der Waals surface area contributed by atoms with Crippen LogP contribution in [0.1, 0.15) is 42.9 Å². The quantitative estimate of drug-likeness (QED) is 0.606. The number of aromatic nitrogens is 1. The molecule has 0 spiro atoms. The molecule has 2 heterocycles. The van der Waals surface area contributed by atoms with Gasteiger partial charge in [-0.2, -0.15) is 0 Å². The van der Waals surface area contributed by atoms with Crippen molar-refractivity contribution in [1.29, 1.82) is 0 Å². The van der Waals surface area contributed by atoms with Crippen LogP contribution in [0.25, 0.3) is 0 Å². The average molecular weight is 366 g/mol. The molecular formula is C22H31N5. The molecule has 1 fully saturated rings. The van der Waals surface area contributed by atoms with Gasteiger partial charge in [0.25, 0.3) is 0 Å². The third-order valence-corrected chi connectivity index (χ3v) is 4.83. The summed E-state index contributed by atoms with van der Waals surface area (Å²) in [6, 6.07) is 12.8. The standard InChI is InChI=1S/C22H31N5/c1-3-23-22(25-16-19-9-7-18(2)8-10-19)26-17-20-11-12-24-21(15-20)27-13-5-4-6-14-27/h7-12,15H,3-6,13-14,16-17H2,1-2H3,(H2,23,25,26). The molecule has 0 aliphatic carbocycles. The Morgan fingerprint density at radius 2 is 1.81 bits per heavy atom. The smallest absolute Gasteiger partial charge is 0.191 e. The van der Waals surface area contributed by atoms with Crippen LogP contribution in [0.3, 0.4) is 0 Å². The summed E-state index contributed by atoms with van der Waals surface area (Å²) in [6.45, 7) is 8.67. The van der Waals surface area contributed by atoms with E-state index in [2.05, 4.69) is 70.8 Å². The number of nitrogens with one attached hydrogen (secondary N) is 2. The number of rotatable bonds is 6. The van der Waals surface area contributed by atoms with E-state index in [1.54, 1.807) is 0 Å². The van der Waals surface area contributed by atoms with Gasteiger partial charge in [-0.3, -0.25) is 0 Å². The number of guanidine groups is 1. The van der Waals surface area contributed by atoms with Gasteiger partial charge in [0.05, 0.1) is 6.54 Å². The van der Waals surface area contributed by atoms with E-state index < -0.39 is 0 Å². The van der Waals surface area contributed by atoms with E-state index in [4.69, 9.17) is 4.99 Å². The van der Waals surface area contributed by atoms with Crippen molar-refractivity contribution in [2.75, 3.05) is 24.5 Å². The molecule has 0 radical (unpaired) electrons. The first-order valence-corrected chi connectivity index (χ1v) is 10.0. The highest BCUT2D eigenvalue weighted by Crippen LogP contribution is 2.18. The van der Waals surface area contributed by atoms with Crippen molar-refractivity contribution < 1.29 is 0 Å². The van der Waals surface area contributed by atoms with Gasteiger partial charge in [-0.25, -0.2) is 9.98 Å². The van der Waals surface area contributed by atoms with E-state index >= 15 is 0 Å². The number of nitrogens with zero attached hydrogens (tertiary/aromatic N) is 3. The number of piperidine rings is 1. The first-order chi connectivity index (χ1) is 13.2. The van der Waals surface area contributed by atoms with Crippen molar-refractivity contribution in [2.45, 2.75) is 46.2 Å². The van der Waals surface area contributed by atoms with Crippen LogP contribution in [0.2, 0.25) is 0 Å². The Labute approximate surface area is 162 Å². The first kappa shape index (κ1) is 19.2. The Bertz CT molecular complexity index is 733. The van der Waals surface area contributed by atoms with Gasteiger partial charge < -0.3 is 15.5 Å². The normalized spacial score (nSPS) is 14.9. The molecule has 1 aromatic carbocycles. The number of hydrogen-bond acceptors (Lipinski definition) is 3. The number of aliphatic imine (C=N–C) groups is 1. The summed E-state index contributed by atoms with van der Waals surface area (Å²) in [5.41, 5.74) is 3.72.